The number of rotatable bonds is 7. The molecule has 3 rings (SSSR count). The number of aromatic amines is 1. The lowest BCUT2D eigenvalue weighted by Gasteiger charge is -2.24. The van der Waals surface area contributed by atoms with E-state index in [2.05, 4.69) is 4.98 Å². The number of aryl methyl sites for hydroxylation is 1. The summed E-state index contributed by atoms with van der Waals surface area (Å²) in [6, 6.07) is 3.19. The molecule has 8 nitrogen and oxygen atoms in total. The van der Waals surface area contributed by atoms with Gasteiger partial charge in [-0.3, -0.25) is 9.59 Å². The average Bonchev–Trinajstić information content (AvgIpc) is 3.42. The van der Waals surface area contributed by atoms with Crippen LogP contribution in [-0.4, -0.2) is 60.5 Å². The summed E-state index contributed by atoms with van der Waals surface area (Å²) in [6.45, 7) is 4.21. The molecule has 1 N–H and O–H groups in total. The van der Waals surface area contributed by atoms with Crippen molar-refractivity contribution in [1.29, 1.82) is 0 Å². The molecule has 28 heavy (non-hydrogen) atoms. The summed E-state index contributed by atoms with van der Waals surface area (Å²) in [6.07, 6.45) is 3.08. The van der Waals surface area contributed by atoms with Gasteiger partial charge in [-0.1, -0.05) is 0 Å². The van der Waals surface area contributed by atoms with Gasteiger partial charge in [-0.2, -0.15) is 0 Å². The monoisotopic (exact) mass is 388 g/mol. The number of hydrogen-bond acceptors (Lipinski definition) is 6. The fourth-order valence-electron chi connectivity index (χ4n) is 3.54. The van der Waals surface area contributed by atoms with Crippen LogP contribution in [0.4, 0.5) is 0 Å². The van der Waals surface area contributed by atoms with Gasteiger partial charge in [0.05, 0.1) is 26.0 Å². The molecule has 1 fully saturated rings. The van der Waals surface area contributed by atoms with Gasteiger partial charge in [0.2, 0.25) is 0 Å². The van der Waals surface area contributed by atoms with E-state index in [1.54, 1.807) is 26.0 Å². The Morgan fingerprint density at radius 1 is 1.32 bits per heavy atom. The lowest BCUT2D eigenvalue weighted by Crippen LogP contribution is -2.40. The van der Waals surface area contributed by atoms with E-state index in [9.17, 15) is 14.4 Å². The fraction of sp³-hybridized carbons (Fsp3) is 0.450. The summed E-state index contributed by atoms with van der Waals surface area (Å²) in [5.74, 6) is -1.00. The second-order valence-corrected chi connectivity index (χ2v) is 6.84. The molecule has 2 aromatic heterocycles. The fourth-order valence-corrected chi connectivity index (χ4v) is 3.54. The first-order chi connectivity index (χ1) is 13.4. The van der Waals surface area contributed by atoms with Crippen molar-refractivity contribution in [2.24, 2.45) is 0 Å². The molecule has 1 amide bonds. The second-order valence-electron chi connectivity index (χ2n) is 6.84. The number of H-pyrrole nitrogens is 1. The molecule has 8 heteroatoms. The van der Waals surface area contributed by atoms with Crippen molar-refractivity contribution < 1.29 is 28.3 Å². The number of ether oxygens (including phenoxy) is 2. The van der Waals surface area contributed by atoms with Crippen molar-refractivity contribution in [3.63, 3.8) is 0 Å². The largest absolute Gasteiger partial charge is 0.464 e. The third-order valence-electron chi connectivity index (χ3n) is 4.91. The molecule has 3 heterocycles. The van der Waals surface area contributed by atoms with E-state index in [-0.39, 0.29) is 35.8 Å². The maximum absolute atomic E-state index is 13.0. The maximum Gasteiger partial charge on any atom is 0.354 e. The smallest absolute Gasteiger partial charge is 0.354 e. The van der Waals surface area contributed by atoms with Crippen LogP contribution in [0, 0.1) is 13.8 Å². The Morgan fingerprint density at radius 2 is 2.11 bits per heavy atom. The van der Waals surface area contributed by atoms with Crippen molar-refractivity contribution >= 4 is 17.7 Å². The Morgan fingerprint density at radius 3 is 2.71 bits per heavy atom. The van der Waals surface area contributed by atoms with Crippen LogP contribution in [0.25, 0.3) is 0 Å². The summed E-state index contributed by atoms with van der Waals surface area (Å²) in [4.78, 5) is 42.1. The number of nitrogens with zero attached hydrogens (tertiary/aromatic N) is 1. The average molecular weight is 388 g/mol. The molecule has 1 atom stereocenters. The van der Waals surface area contributed by atoms with Crippen LogP contribution in [0.5, 0.6) is 0 Å². The van der Waals surface area contributed by atoms with Crippen LogP contribution in [0.15, 0.2) is 22.8 Å². The van der Waals surface area contributed by atoms with Crippen LogP contribution >= 0.6 is 0 Å². The quantitative estimate of drug-likeness (QED) is 0.578. The first kappa shape index (κ1) is 19.9. The SMILES string of the molecule is COC(=O)c1[nH]c(C)c(C(=O)CN(C[C@@H]2CCCO2)C(=O)c2ccco2)c1C. The number of furan rings is 1. The highest BCUT2D eigenvalue weighted by atomic mass is 16.5. The zero-order valence-corrected chi connectivity index (χ0v) is 16.2. The van der Waals surface area contributed by atoms with E-state index < -0.39 is 5.97 Å². The molecule has 0 aliphatic carbocycles. The number of aromatic nitrogens is 1. The second kappa shape index (κ2) is 8.43. The van der Waals surface area contributed by atoms with E-state index in [1.807, 2.05) is 0 Å². The van der Waals surface area contributed by atoms with Crippen molar-refractivity contribution in [1.82, 2.24) is 9.88 Å². The highest BCUT2D eigenvalue weighted by molar-refractivity contribution is 6.05. The number of amides is 1. The molecule has 2 aromatic rings. The van der Waals surface area contributed by atoms with Gasteiger partial charge >= 0.3 is 5.97 Å². The Hall–Kier alpha value is -2.87. The molecule has 0 radical (unpaired) electrons. The van der Waals surface area contributed by atoms with E-state index in [0.29, 0.717) is 30.0 Å². The van der Waals surface area contributed by atoms with Crippen molar-refractivity contribution in [3.05, 3.63) is 46.7 Å². The number of ketones is 1. The van der Waals surface area contributed by atoms with Crippen molar-refractivity contribution in [3.8, 4) is 0 Å². The predicted molar refractivity (Wildman–Crippen MR) is 99.5 cm³/mol. The van der Waals surface area contributed by atoms with E-state index in [1.165, 1.54) is 18.3 Å². The Kier molecular flexibility index (Phi) is 5.99. The van der Waals surface area contributed by atoms with Gasteiger partial charge in [0, 0.05) is 24.4 Å². The molecule has 150 valence electrons. The van der Waals surface area contributed by atoms with E-state index >= 15 is 0 Å². The number of nitrogens with one attached hydrogen (secondary N) is 1. The van der Waals surface area contributed by atoms with Gasteiger partial charge < -0.3 is 23.8 Å². The Labute approximate surface area is 162 Å². The van der Waals surface area contributed by atoms with Crippen molar-refractivity contribution in [2.45, 2.75) is 32.8 Å². The standard InChI is InChI=1S/C20H24N2O6/c1-12-17(13(2)21-18(12)20(25)26-3)15(23)11-22(10-14-6-4-8-27-14)19(24)16-7-5-9-28-16/h5,7,9,14,21H,4,6,8,10-11H2,1-3H3/t14-/m0/s1. The topological polar surface area (TPSA) is 102 Å². The van der Waals surface area contributed by atoms with Crippen LogP contribution < -0.4 is 0 Å². The molecule has 0 spiro atoms. The first-order valence-corrected chi connectivity index (χ1v) is 9.17. The predicted octanol–water partition coefficient (Wildman–Crippen LogP) is 2.52. The Balaban J connectivity index is 1.83. The number of hydrogen-bond donors (Lipinski definition) is 1. The van der Waals surface area contributed by atoms with Gasteiger partial charge in [0.25, 0.3) is 5.91 Å². The van der Waals surface area contributed by atoms with Crippen LogP contribution in [0.1, 0.15) is 55.5 Å². The molecule has 0 saturated carbocycles. The first-order valence-electron chi connectivity index (χ1n) is 9.17. The van der Waals surface area contributed by atoms with Gasteiger partial charge in [-0.15, -0.1) is 0 Å². The van der Waals surface area contributed by atoms with Gasteiger partial charge in [0.1, 0.15) is 5.69 Å². The minimum absolute atomic E-state index is 0.106. The minimum Gasteiger partial charge on any atom is -0.464 e. The molecule has 0 bridgehead atoms. The van der Waals surface area contributed by atoms with Gasteiger partial charge in [0.15, 0.2) is 11.5 Å². The molecule has 0 unspecified atom stereocenters. The summed E-state index contributed by atoms with van der Waals surface area (Å²) in [5.41, 5.74) is 1.71. The lowest BCUT2D eigenvalue weighted by molar-refractivity contribution is 0.0485. The zero-order chi connectivity index (χ0) is 20.3. The molecule has 0 aromatic carbocycles. The van der Waals surface area contributed by atoms with Gasteiger partial charge in [-0.25, -0.2) is 4.79 Å². The number of esters is 1. The van der Waals surface area contributed by atoms with E-state index in [4.69, 9.17) is 13.9 Å². The molecule has 1 saturated heterocycles. The summed E-state index contributed by atoms with van der Waals surface area (Å²) in [7, 11) is 1.28. The number of methoxy groups -OCH3 is 1. The van der Waals surface area contributed by atoms with Gasteiger partial charge in [-0.05, 0) is 44.4 Å². The van der Waals surface area contributed by atoms with Crippen LogP contribution in [0.2, 0.25) is 0 Å². The molecular formula is C20H24N2O6. The molecule has 1 aliphatic heterocycles. The third kappa shape index (κ3) is 4.01. The summed E-state index contributed by atoms with van der Waals surface area (Å²) in [5, 5.41) is 0. The number of carbonyl (C=O) groups is 3. The van der Waals surface area contributed by atoms with Crippen molar-refractivity contribution in [2.75, 3.05) is 26.8 Å². The summed E-state index contributed by atoms with van der Waals surface area (Å²) < 4.78 is 15.6. The molecule has 1 aliphatic rings. The number of Topliss-reactive ketones (excluding diaryl/α,β-unsaturated/α-hetero) is 1. The number of carbonyl (C=O) groups excluding carboxylic acids is 3. The maximum atomic E-state index is 13.0. The van der Waals surface area contributed by atoms with Crippen LogP contribution in [-0.2, 0) is 9.47 Å². The highest BCUT2D eigenvalue weighted by Gasteiger charge is 2.29. The normalized spacial score (nSPS) is 16.2. The van der Waals surface area contributed by atoms with Crippen LogP contribution in [0.3, 0.4) is 0 Å². The van der Waals surface area contributed by atoms with E-state index in [0.717, 1.165) is 12.8 Å². The zero-order valence-electron chi connectivity index (χ0n) is 16.2. The Bertz CT molecular complexity index is 862. The molecular weight excluding hydrogens is 364 g/mol. The minimum atomic E-state index is -0.539. The summed E-state index contributed by atoms with van der Waals surface area (Å²) >= 11 is 0. The lowest BCUT2D eigenvalue weighted by atomic mass is 10.0. The highest BCUT2D eigenvalue weighted by Crippen LogP contribution is 2.21. The third-order valence-corrected chi connectivity index (χ3v) is 4.91.